The highest BCUT2D eigenvalue weighted by atomic mass is 15.1. The summed E-state index contributed by atoms with van der Waals surface area (Å²) in [7, 11) is 0. The first-order valence-corrected chi connectivity index (χ1v) is 5.25. The van der Waals surface area contributed by atoms with Crippen LogP contribution in [-0.2, 0) is 0 Å². The van der Waals surface area contributed by atoms with Crippen LogP contribution in [0.3, 0.4) is 0 Å². The summed E-state index contributed by atoms with van der Waals surface area (Å²) < 4.78 is 0. The second-order valence-electron chi connectivity index (χ2n) is 3.64. The highest BCUT2D eigenvalue weighted by Crippen LogP contribution is 2.19. The van der Waals surface area contributed by atoms with Gasteiger partial charge in [-0.1, -0.05) is 12.8 Å². The molecule has 0 aromatic heterocycles. The topological polar surface area (TPSA) is 29.3 Å². The Bertz CT molecular complexity index is 182. The van der Waals surface area contributed by atoms with Crippen LogP contribution >= 0.6 is 0 Å². The van der Waals surface area contributed by atoms with Gasteiger partial charge in [0, 0.05) is 6.42 Å². The Morgan fingerprint density at radius 3 is 2.54 bits per heavy atom. The second kappa shape index (κ2) is 6.01. The molecule has 1 saturated heterocycles. The van der Waals surface area contributed by atoms with Crippen molar-refractivity contribution in [3.63, 3.8) is 0 Å². The van der Waals surface area contributed by atoms with E-state index in [4.69, 9.17) is 5.73 Å². The molecule has 0 atom stereocenters. The number of hydrogen-bond donors (Lipinski definition) is 1. The number of piperidine rings is 1. The molecular weight excluding hydrogens is 160 g/mol. The monoisotopic (exact) mass is 180 g/mol. The fourth-order valence-corrected chi connectivity index (χ4v) is 1.80. The second-order valence-corrected chi connectivity index (χ2v) is 3.64. The Balaban J connectivity index is 2.17. The average Bonchev–Trinajstić information content (AvgIpc) is 2.19. The maximum atomic E-state index is 5.31. The lowest BCUT2D eigenvalue weighted by Gasteiger charge is -2.29. The highest BCUT2D eigenvalue weighted by molar-refractivity contribution is 5.01. The largest absolute Gasteiger partial charge is 0.320 e. The highest BCUT2D eigenvalue weighted by Gasteiger charge is 2.16. The molecule has 13 heavy (non-hydrogen) atoms. The molecule has 2 heteroatoms. The van der Waals surface area contributed by atoms with E-state index >= 15 is 0 Å². The van der Waals surface area contributed by atoms with Gasteiger partial charge in [-0.2, -0.15) is 0 Å². The van der Waals surface area contributed by atoms with Gasteiger partial charge in [0.2, 0.25) is 0 Å². The molecule has 1 aliphatic heterocycles. The molecular formula is C11H20N2. The Morgan fingerprint density at radius 1 is 1.31 bits per heavy atom. The summed E-state index contributed by atoms with van der Waals surface area (Å²) in [4.78, 5) is 2.51. The van der Waals surface area contributed by atoms with Crippen LogP contribution in [0.5, 0.6) is 0 Å². The SMILES string of the molecule is CCN1CCC(CC#CCN)CC1. The fraction of sp³-hybridized carbons (Fsp3) is 0.818. The smallest absolute Gasteiger partial charge is 0.0551 e. The van der Waals surface area contributed by atoms with Gasteiger partial charge in [0.15, 0.2) is 0 Å². The minimum Gasteiger partial charge on any atom is -0.320 e. The molecule has 1 fully saturated rings. The molecule has 0 saturated carbocycles. The lowest BCUT2D eigenvalue weighted by atomic mass is 9.94. The zero-order chi connectivity index (χ0) is 9.52. The summed E-state index contributed by atoms with van der Waals surface area (Å²) in [5, 5.41) is 0. The van der Waals surface area contributed by atoms with Gasteiger partial charge in [0.25, 0.3) is 0 Å². The predicted octanol–water partition coefficient (Wildman–Crippen LogP) is 1.07. The molecule has 74 valence electrons. The number of rotatable bonds is 2. The molecule has 2 N–H and O–H groups in total. The molecule has 0 unspecified atom stereocenters. The van der Waals surface area contributed by atoms with Gasteiger partial charge >= 0.3 is 0 Å². The summed E-state index contributed by atoms with van der Waals surface area (Å²) in [6.07, 6.45) is 3.68. The number of nitrogens with two attached hydrogens (primary N) is 1. The van der Waals surface area contributed by atoms with Gasteiger partial charge in [0.1, 0.15) is 0 Å². The van der Waals surface area contributed by atoms with E-state index in [1.165, 1.54) is 32.5 Å². The van der Waals surface area contributed by atoms with Crippen molar-refractivity contribution in [3.8, 4) is 11.8 Å². The van der Waals surface area contributed by atoms with E-state index in [2.05, 4.69) is 23.7 Å². The van der Waals surface area contributed by atoms with Crippen molar-refractivity contribution in [2.24, 2.45) is 11.7 Å². The van der Waals surface area contributed by atoms with Gasteiger partial charge < -0.3 is 10.6 Å². The van der Waals surface area contributed by atoms with Crippen LogP contribution < -0.4 is 5.73 Å². The summed E-state index contributed by atoms with van der Waals surface area (Å²) in [5.74, 6) is 6.90. The molecule has 1 heterocycles. The summed E-state index contributed by atoms with van der Waals surface area (Å²) >= 11 is 0. The van der Waals surface area contributed by atoms with Crippen molar-refractivity contribution in [2.75, 3.05) is 26.2 Å². The molecule has 2 nitrogen and oxygen atoms in total. The van der Waals surface area contributed by atoms with Gasteiger partial charge in [-0.25, -0.2) is 0 Å². The number of hydrogen-bond acceptors (Lipinski definition) is 2. The van der Waals surface area contributed by atoms with E-state index < -0.39 is 0 Å². The normalized spacial score (nSPS) is 19.5. The van der Waals surface area contributed by atoms with Gasteiger partial charge in [-0.05, 0) is 38.4 Å². The van der Waals surface area contributed by atoms with Crippen molar-refractivity contribution >= 4 is 0 Å². The maximum absolute atomic E-state index is 5.31. The third kappa shape index (κ3) is 3.80. The predicted molar refractivity (Wildman–Crippen MR) is 56.3 cm³/mol. The van der Waals surface area contributed by atoms with Crippen LogP contribution in [0.2, 0.25) is 0 Å². The van der Waals surface area contributed by atoms with Gasteiger partial charge in [-0.3, -0.25) is 0 Å². The third-order valence-electron chi connectivity index (χ3n) is 2.77. The van der Waals surface area contributed by atoms with Crippen molar-refractivity contribution in [1.82, 2.24) is 4.90 Å². The Morgan fingerprint density at radius 2 is 2.00 bits per heavy atom. The van der Waals surface area contributed by atoms with E-state index in [9.17, 15) is 0 Å². The minimum atomic E-state index is 0.508. The summed E-state index contributed by atoms with van der Waals surface area (Å²) in [5.41, 5.74) is 5.31. The molecule has 1 rings (SSSR count). The van der Waals surface area contributed by atoms with Crippen LogP contribution in [0.4, 0.5) is 0 Å². The Labute approximate surface area is 81.5 Å². The zero-order valence-electron chi connectivity index (χ0n) is 8.55. The molecule has 0 bridgehead atoms. The van der Waals surface area contributed by atoms with Gasteiger partial charge in [-0.15, -0.1) is 5.92 Å². The molecule has 0 radical (unpaired) electrons. The van der Waals surface area contributed by atoms with Crippen LogP contribution in [0.1, 0.15) is 26.2 Å². The Hall–Kier alpha value is -0.520. The van der Waals surface area contributed by atoms with Crippen LogP contribution in [0.15, 0.2) is 0 Å². The van der Waals surface area contributed by atoms with Crippen molar-refractivity contribution in [3.05, 3.63) is 0 Å². The minimum absolute atomic E-state index is 0.508. The molecule has 0 spiro atoms. The van der Waals surface area contributed by atoms with E-state index in [0.717, 1.165) is 12.3 Å². The average molecular weight is 180 g/mol. The molecule has 0 amide bonds. The van der Waals surface area contributed by atoms with Crippen molar-refractivity contribution in [2.45, 2.75) is 26.2 Å². The first kappa shape index (κ1) is 10.6. The van der Waals surface area contributed by atoms with Crippen molar-refractivity contribution in [1.29, 1.82) is 0 Å². The summed E-state index contributed by atoms with van der Waals surface area (Å²) in [6.45, 7) is 6.44. The standard InChI is InChI=1S/C11H20N2/c1-2-13-9-6-11(7-10-13)5-3-4-8-12/h11H,2,5-10,12H2,1H3. The maximum Gasteiger partial charge on any atom is 0.0551 e. The third-order valence-corrected chi connectivity index (χ3v) is 2.77. The van der Waals surface area contributed by atoms with Crippen LogP contribution in [0, 0.1) is 17.8 Å². The lowest BCUT2D eigenvalue weighted by Crippen LogP contribution is -2.33. The number of nitrogens with zero attached hydrogens (tertiary/aromatic N) is 1. The first-order valence-electron chi connectivity index (χ1n) is 5.25. The fourth-order valence-electron chi connectivity index (χ4n) is 1.80. The van der Waals surface area contributed by atoms with E-state index in [0.29, 0.717) is 6.54 Å². The molecule has 0 aromatic rings. The van der Waals surface area contributed by atoms with E-state index in [-0.39, 0.29) is 0 Å². The molecule has 1 aliphatic rings. The molecule has 0 aliphatic carbocycles. The van der Waals surface area contributed by atoms with E-state index in [1.807, 2.05) is 0 Å². The lowest BCUT2D eigenvalue weighted by molar-refractivity contribution is 0.194. The summed E-state index contributed by atoms with van der Waals surface area (Å²) in [6, 6.07) is 0. The Kier molecular flexibility index (Phi) is 4.88. The quantitative estimate of drug-likeness (QED) is 0.644. The number of likely N-dealkylation sites (tertiary alicyclic amines) is 1. The van der Waals surface area contributed by atoms with Crippen LogP contribution in [-0.4, -0.2) is 31.1 Å². The molecule has 0 aromatic carbocycles. The van der Waals surface area contributed by atoms with E-state index in [1.54, 1.807) is 0 Å². The first-order chi connectivity index (χ1) is 6.36. The van der Waals surface area contributed by atoms with Crippen molar-refractivity contribution < 1.29 is 0 Å². The van der Waals surface area contributed by atoms with Crippen LogP contribution in [0.25, 0.3) is 0 Å². The zero-order valence-corrected chi connectivity index (χ0v) is 8.55. The van der Waals surface area contributed by atoms with Gasteiger partial charge in [0.05, 0.1) is 6.54 Å².